The van der Waals surface area contributed by atoms with Crippen LogP contribution in [0.3, 0.4) is 0 Å². The lowest BCUT2D eigenvalue weighted by Gasteiger charge is -2.34. The molecule has 4 rings (SSSR count). The third-order valence-electron chi connectivity index (χ3n) is 6.64. The molecule has 0 radical (unpaired) electrons. The highest BCUT2D eigenvalue weighted by Crippen LogP contribution is 2.23. The molecule has 2 saturated heterocycles. The first-order chi connectivity index (χ1) is 15.4. The second-order valence-electron chi connectivity index (χ2n) is 9.15. The van der Waals surface area contributed by atoms with Gasteiger partial charge in [-0.05, 0) is 57.2 Å². The summed E-state index contributed by atoms with van der Waals surface area (Å²) in [6.07, 6.45) is 6.27. The van der Waals surface area contributed by atoms with E-state index in [0.717, 1.165) is 55.8 Å². The van der Waals surface area contributed by atoms with Crippen LogP contribution in [-0.2, 0) is 20.9 Å². The zero-order valence-electron chi connectivity index (χ0n) is 19.1. The van der Waals surface area contributed by atoms with Crippen LogP contribution < -0.4 is 5.32 Å². The predicted octanol–water partition coefficient (Wildman–Crippen LogP) is 1.61. The first-order valence-electron chi connectivity index (χ1n) is 11.7. The van der Waals surface area contributed by atoms with Crippen LogP contribution in [0, 0.1) is 25.2 Å². The minimum absolute atomic E-state index is 0.0586. The van der Waals surface area contributed by atoms with Gasteiger partial charge in [-0.3, -0.25) is 14.5 Å². The van der Waals surface area contributed by atoms with Gasteiger partial charge in [-0.1, -0.05) is 0 Å². The van der Waals surface area contributed by atoms with E-state index < -0.39 is 0 Å². The Labute approximate surface area is 189 Å². The lowest BCUT2D eigenvalue weighted by atomic mass is 10.1. The second kappa shape index (κ2) is 9.88. The van der Waals surface area contributed by atoms with Crippen LogP contribution in [0.15, 0.2) is 11.6 Å². The molecule has 32 heavy (non-hydrogen) atoms. The van der Waals surface area contributed by atoms with Crippen molar-refractivity contribution in [1.29, 1.82) is 5.26 Å². The molecule has 1 aromatic heterocycles. The largest absolute Gasteiger partial charge is 0.376 e. The molecule has 3 heterocycles. The van der Waals surface area contributed by atoms with Gasteiger partial charge < -0.3 is 19.5 Å². The highest BCUT2D eigenvalue weighted by atomic mass is 16.5. The maximum absolute atomic E-state index is 13.0. The summed E-state index contributed by atoms with van der Waals surface area (Å²) in [5.74, 6) is -0.179. The molecule has 2 aliphatic heterocycles. The first-order valence-corrected chi connectivity index (χ1v) is 11.7. The van der Waals surface area contributed by atoms with Crippen molar-refractivity contribution in [2.24, 2.45) is 0 Å². The summed E-state index contributed by atoms with van der Waals surface area (Å²) in [4.78, 5) is 28.8. The second-order valence-corrected chi connectivity index (χ2v) is 9.15. The van der Waals surface area contributed by atoms with E-state index in [-0.39, 0.29) is 23.5 Å². The van der Waals surface area contributed by atoms with Crippen molar-refractivity contribution in [3.8, 4) is 6.07 Å². The zero-order valence-corrected chi connectivity index (χ0v) is 19.1. The number of carbonyl (C=O) groups excluding carboxylic acids is 2. The topological polar surface area (TPSA) is 90.6 Å². The summed E-state index contributed by atoms with van der Waals surface area (Å²) in [5, 5.41) is 12.7. The lowest BCUT2D eigenvalue weighted by molar-refractivity contribution is -0.129. The van der Waals surface area contributed by atoms with E-state index in [0.29, 0.717) is 38.8 Å². The molecule has 0 bridgehead atoms. The van der Waals surface area contributed by atoms with Gasteiger partial charge in [0, 0.05) is 56.8 Å². The minimum Gasteiger partial charge on any atom is -0.376 e. The number of piperazine rings is 1. The molecule has 1 atom stereocenters. The molecular weight excluding hydrogens is 406 g/mol. The quantitative estimate of drug-likeness (QED) is 0.515. The number of rotatable bonds is 7. The number of nitriles is 1. The molecule has 2 amide bonds. The maximum Gasteiger partial charge on any atom is 0.264 e. The summed E-state index contributed by atoms with van der Waals surface area (Å²) in [6, 6.07) is 4.50. The number of ether oxygens (including phenoxy) is 1. The maximum atomic E-state index is 13.0. The molecule has 0 spiro atoms. The highest BCUT2D eigenvalue weighted by molar-refractivity contribution is 6.01. The minimum atomic E-state index is -0.237. The molecule has 1 unspecified atom stereocenters. The van der Waals surface area contributed by atoms with Crippen LogP contribution >= 0.6 is 0 Å². The molecule has 8 nitrogen and oxygen atoms in total. The van der Waals surface area contributed by atoms with Gasteiger partial charge in [0.1, 0.15) is 11.6 Å². The Morgan fingerprint density at radius 3 is 2.59 bits per heavy atom. The number of nitrogens with zero attached hydrogens (tertiary/aromatic N) is 4. The predicted molar refractivity (Wildman–Crippen MR) is 121 cm³/mol. The Hall–Kier alpha value is -2.63. The van der Waals surface area contributed by atoms with Crippen molar-refractivity contribution in [3.05, 3.63) is 28.6 Å². The third-order valence-corrected chi connectivity index (χ3v) is 6.64. The van der Waals surface area contributed by atoms with Gasteiger partial charge in [0.2, 0.25) is 5.91 Å². The molecule has 1 aliphatic carbocycles. The molecule has 172 valence electrons. The van der Waals surface area contributed by atoms with Crippen molar-refractivity contribution in [1.82, 2.24) is 19.7 Å². The Morgan fingerprint density at radius 1 is 1.22 bits per heavy atom. The van der Waals surface area contributed by atoms with Gasteiger partial charge in [0.05, 0.1) is 12.6 Å². The van der Waals surface area contributed by atoms with Crippen molar-refractivity contribution in [3.63, 3.8) is 0 Å². The fraction of sp³-hybridized carbons (Fsp3) is 0.625. The molecule has 1 N–H and O–H groups in total. The van der Waals surface area contributed by atoms with E-state index in [9.17, 15) is 14.9 Å². The number of aryl methyl sites for hydroxylation is 1. The fourth-order valence-corrected chi connectivity index (χ4v) is 4.53. The van der Waals surface area contributed by atoms with Gasteiger partial charge in [0.25, 0.3) is 5.91 Å². The van der Waals surface area contributed by atoms with Gasteiger partial charge in [-0.15, -0.1) is 0 Å². The summed E-state index contributed by atoms with van der Waals surface area (Å²) >= 11 is 0. The average molecular weight is 440 g/mol. The number of hydrogen-bond acceptors (Lipinski definition) is 5. The summed E-state index contributed by atoms with van der Waals surface area (Å²) < 4.78 is 7.99. The summed E-state index contributed by atoms with van der Waals surface area (Å²) in [5.41, 5.74) is 3.21. The van der Waals surface area contributed by atoms with E-state index in [4.69, 9.17) is 4.74 Å². The number of amides is 2. The normalized spacial score (nSPS) is 22.1. The SMILES string of the molecule is Cc1cc(/C=C(\C#N)C(=O)N2CCN(CC(=O)NC3CC3)CC2)c(C)n1CC1CCCO1. The van der Waals surface area contributed by atoms with Crippen LogP contribution in [0.4, 0.5) is 0 Å². The van der Waals surface area contributed by atoms with Gasteiger partial charge in [0.15, 0.2) is 0 Å². The monoisotopic (exact) mass is 439 g/mol. The molecule has 3 fully saturated rings. The first kappa shape index (κ1) is 22.6. The van der Waals surface area contributed by atoms with Crippen LogP contribution in [0.5, 0.6) is 0 Å². The van der Waals surface area contributed by atoms with E-state index in [1.807, 2.05) is 19.9 Å². The van der Waals surface area contributed by atoms with E-state index in [1.54, 1.807) is 11.0 Å². The highest BCUT2D eigenvalue weighted by Gasteiger charge is 2.27. The third kappa shape index (κ3) is 5.40. The number of aromatic nitrogens is 1. The van der Waals surface area contributed by atoms with Crippen LogP contribution in [0.25, 0.3) is 6.08 Å². The summed E-state index contributed by atoms with van der Waals surface area (Å²) in [6.45, 7) is 8.39. The molecule has 0 aromatic carbocycles. The van der Waals surface area contributed by atoms with Crippen LogP contribution in [0.1, 0.15) is 42.6 Å². The number of nitrogens with one attached hydrogen (secondary N) is 1. The van der Waals surface area contributed by atoms with Crippen LogP contribution in [-0.4, -0.2) is 77.7 Å². The molecule has 3 aliphatic rings. The Balaban J connectivity index is 1.36. The van der Waals surface area contributed by atoms with Crippen molar-refractivity contribution >= 4 is 17.9 Å². The Bertz CT molecular complexity index is 926. The van der Waals surface area contributed by atoms with Gasteiger partial charge >= 0.3 is 0 Å². The molecule has 1 saturated carbocycles. The Kier molecular flexibility index (Phi) is 6.97. The lowest BCUT2D eigenvalue weighted by Crippen LogP contribution is -2.51. The smallest absolute Gasteiger partial charge is 0.264 e. The molecule has 8 heteroatoms. The average Bonchev–Trinajstić information content (AvgIpc) is 3.36. The fourth-order valence-electron chi connectivity index (χ4n) is 4.53. The summed E-state index contributed by atoms with van der Waals surface area (Å²) in [7, 11) is 0. The van der Waals surface area contributed by atoms with Crippen LogP contribution in [0.2, 0.25) is 0 Å². The van der Waals surface area contributed by atoms with Crippen molar-refractivity contribution in [2.75, 3.05) is 39.3 Å². The van der Waals surface area contributed by atoms with Gasteiger partial charge in [-0.2, -0.15) is 5.26 Å². The number of carbonyl (C=O) groups is 2. The molecular formula is C24H33N5O3. The zero-order chi connectivity index (χ0) is 22.7. The van der Waals surface area contributed by atoms with E-state index >= 15 is 0 Å². The standard InChI is InChI=1S/C24H33N5O3/c1-17-12-19(18(2)29(17)15-22-4-3-11-32-22)13-20(14-25)24(31)28-9-7-27(8-10-28)16-23(30)26-21-5-6-21/h12-13,21-22H,3-11,15-16H2,1-2H3,(H,26,30)/b20-13+. The molecule has 1 aromatic rings. The van der Waals surface area contributed by atoms with Crippen molar-refractivity contribution < 1.29 is 14.3 Å². The number of hydrogen-bond donors (Lipinski definition) is 1. The Morgan fingerprint density at radius 2 is 1.97 bits per heavy atom. The van der Waals surface area contributed by atoms with Crippen molar-refractivity contribution in [2.45, 2.75) is 58.2 Å². The van der Waals surface area contributed by atoms with Gasteiger partial charge in [-0.25, -0.2) is 0 Å². The van der Waals surface area contributed by atoms with E-state index in [1.165, 1.54) is 0 Å². The van der Waals surface area contributed by atoms with E-state index in [2.05, 4.69) is 20.9 Å².